The molecule has 1 aliphatic heterocycles. The first-order chi connectivity index (χ1) is 11.3. The van der Waals surface area contributed by atoms with E-state index in [1.807, 2.05) is 20.0 Å². The van der Waals surface area contributed by atoms with E-state index >= 15 is 0 Å². The van der Waals surface area contributed by atoms with Crippen LogP contribution in [-0.4, -0.2) is 66.2 Å². The van der Waals surface area contributed by atoms with Gasteiger partial charge in [-0.25, -0.2) is 8.42 Å². The van der Waals surface area contributed by atoms with Crippen LogP contribution in [0, 0.1) is 6.92 Å². The predicted molar refractivity (Wildman–Crippen MR) is 97.1 cm³/mol. The van der Waals surface area contributed by atoms with Gasteiger partial charge in [-0.15, -0.1) is 0 Å². The van der Waals surface area contributed by atoms with Gasteiger partial charge in [0.15, 0.2) is 15.8 Å². The molecule has 136 valence electrons. The summed E-state index contributed by atoms with van der Waals surface area (Å²) in [5.41, 5.74) is 2.33. The minimum absolute atomic E-state index is 0.179. The van der Waals surface area contributed by atoms with Crippen molar-refractivity contribution in [3.8, 4) is 0 Å². The van der Waals surface area contributed by atoms with E-state index in [9.17, 15) is 8.42 Å². The second-order valence-corrected chi connectivity index (χ2v) is 9.60. The van der Waals surface area contributed by atoms with Crippen LogP contribution in [-0.2, 0) is 16.3 Å². The Morgan fingerprint density at radius 1 is 1.50 bits per heavy atom. The molecule has 1 saturated heterocycles. The van der Waals surface area contributed by atoms with Crippen LogP contribution in [0.4, 0.5) is 0 Å². The fraction of sp³-hybridized carbons (Fsp3) is 0.750. The molecule has 1 fully saturated rings. The van der Waals surface area contributed by atoms with Gasteiger partial charge in [-0.05, 0) is 46.1 Å². The average molecular weight is 356 g/mol. The van der Waals surface area contributed by atoms with Gasteiger partial charge < -0.3 is 10.2 Å². The predicted octanol–water partition coefficient (Wildman–Crippen LogP) is 1.13. The van der Waals surface area contributed by atoms with E-state index in [0.29, 0.717) is 19.6 Å². The lowest BCUT2D eigenvalue weighted by Crippen LogP contribution is -2.57. The zero-order chi connectivity index (χ0) is 17.8. The van der Waals surface area contributed by atoms with Crippen LogP contribution >= 0.6 is 0 Å². The maximum atomic E-state index is 12.2. The average Bonchev–Trinajstić information content (AvgIpc) is 2.91. The van der Waals surface area contributed by atoms with Gasteiger partial charge in [0.25, 0.3) is 0 Å². The number of hydrogen-bond donors (Lipinski definition) is 2. The summed E-state index contributed by atoms with van der Waals surface area (Å²) in [5.74, 6) is 0.989. The van der Waals surface area contributed by atoms with E-state index in [-0.39, 0.29) is 5.75 Å². The highest BCUT2D eigenvalue weighted by molar-refractivity contribution is 7.92. The number of aryl methyl sites for hydroxylation is 2. The van der Waals surface area contributed by atoms with E-state index in [1.165, 1.54) is 5.56 Å². The smallest absolute Gasteiger partial charge is 0.193 e. The largest absolute Gasteiger partial charge is 0.357 e. The first-order valence-corrected chi connectivity index (χ1v) is 10.2. The molecule has 2 N–H and O–H groups in total. The number of nitrogens with one attached hydrogen (secondary N) is 2. The summed E-state index contributed by atoms with van der Waals surface area (Å²) in [6.45, 7) is 10.1. The molecule has 1 aliphatic rings. The highest BCUT2D eigenvalue weighted by atomic mass is 32.2. The number of rotatable bonds is 5. The molecule has 8 heteroatoms. The van der Waals surface area contributed by atoms with Gasteiger partial charge in [0.05, 0.1) is 16.7 Å². The number of aromatic amines is 1. The molecule has 0 atom stereocenters. The lowest BCUT2D eigenvalue weighted by molar-refractivity contribution is 0.353. The Bertz CT molecular complexity index is 678. The highest BCUT2D eigenvalue weighted by Crippen LogP contribution is 2.23. The number of aromatic nitrogens is 2. The summed E-state index contributed by atoms with van der Waals surface area (Å²) in [6.07, 6.45) is 3.73. The highest BCUT2D eigenvalue weighted by Gasteiger charge is 2.40. The number of hydrogen-bond acceptors (Lipinski definition) is 4. The van der Waals surface area contributed by atoms with Crippen molar-refractivity contribution in [2.24, 2.45) is 4.99 Å². The Morgan fingerprint density at radius 2 is 2.25 bits per heavy atom. The van der Waals surface area contributed by atoms with Crippen molar-refractivity contribution in [1.29, 1.82) is 0 Å². The van der Waals surface area contributed by atoms with Crippen LogP contribution in [0.1, 0.15) is 38.4 Å². The van der Waals surface area contributed by atoms with Gasteiger partial charge in [-0.1, -0.05) is 0 Å². The van der Waals surface area contributed by atoms with Crippen LogP contribution in [0.15, 0.2) is 11.2 Å². The number of aliphatic imine (C=N–C) groups is 1. The zero-order valence-electron chi connectivity index (χ0n) is 15.1. The van der Waals surface area contributed by atoms with E-state index in [0.717, 1.165) is 31.0 Å². The third-order valence-electron chi connectivity index (χ3n) is 4.48. The molecule has 7 nitrogen and oxygen atoms in total. The van der Waals surface area contributed by atoms with Crippen molar-refractivity contribution >= 4 is 15.8 Å². The first kappa shape index (κ1) is 18.8. The molecule has 1 aromatic heterocycles. The Labute approximate surface area is 144 Å². The third-order valence-corrected chi connectivity index (χ3v) is 7.01. The van der Waals surface area contributed by atoms with Gasteiger partial charge in [-0.3, -0.25) is 10.1 Å². The Balaban J connectivity index is 1.97. The van der Waals surface area contributed by atoms with E-state index in [2.05, 4.69) is 25.4 Å². The number of H-pyrrole nitrogens is 1. The van der Waals surface area contributed by atoms with Crippen LogP contribution < -0.4 is 5.32 Å². The van der Waals surface area contributed by atoms with E-state index < -0.39 is 14.6 Å². The van der Waals surface area contributed by atoms with Gasteiger partial charge in [0.1, 0.15) is 0 Å². The molecule has 0 saturated carbocycles. The molecule has 0 unspecified atom stereocenters. The molecule has 0 amide bonds. The zero-order valence-corrected chi connectivity index (χ0v) is 15.9. The molecule has 0 aromatic carbocycles. The second-order valence-electron chi connectivity index (χ2n) is 6.86. The SMILES string of the molecule is CCNC(=NCCCc1cn[nH]c1C)N1CCS(=O)(=O)C(C)(C)C1. The summed E-state index contributed by atoms with van der Waals surface area (Å²) in [7, 11) is -3.04. The fourth-order valence-electron chi connectivity index (χ4n) is 2.83. The van der Waals surface area contributed by atoms with Crippen molar-refractivity contribution in [1.82, 2.24) is 20.4 Å². The normalized spacial score (nSPS) is 20.2. The standard InChI is InChI=1S/C16H29N5O2S/c1-5-17-15(18-8-6-7-14-11-19-20-13(14)2)21-9-10-24(22,23)16(3,4)12-21/h11H,5-10,12H2,1-4H3,(H,17,18)(H,19,20). The minimum atomic E-state index is -3.04. The monoisotopic (exact) mass is 355 g/mol. The topological polar surface area (TPSA) is 90.4 Å². The lowest BCUT2D eigenvalue weighted by atomic mass is 10.1. The molecule has 2 heterocycles. The van der Waals surface area contributed by atoms with Crippen LogP contribution in [0.2, 0.25) is 0 Å². The summed E-state index contributed by atoms with van der Waals surface area (Å²) in [5, 5.41) is 10.3. The quantitative estimate of drug-likeness (QED) is 0.469. The molecular weight excluding hydrogens is 326 g/mol. The summed E-state index contributed by atoms with van der Waals surface area (Å²) >= 11 is 0. The number of guanidine groups is 1. The molecule has 0 radical (unpaired) electrons. The third kappa shape index (κ3) is 4.28. The Kier molecular flexibility index (Phi) is 5.90. The van der Waals surface area contributed by atoms with E-state index in [1.54, 1.807) is 13.8 Å². The Morgan fingerprint density at radius 3 is 2.83 bits per heavy atom. The summed E-state index contributed by atoms with van der Waals surface area (Å²) < 4.78 is 23.6. The molecule has 2 rings (SSSR count). The number of sulfone groups is 1. The minimum Gasteiger partial charge on any atom is -0.357 e. The maximum absolute atomic E-state index is 12.2. The molecule has 0 bridgehead atoms. The van der Waals surface area contributed by atoms with Crippen molar-refractivity contribution in [3.63, 3.8) is 0 Å². The van der Waals surface area contributed by atoms with Crippen molar-refractivity contribution in [2.45, 2.75) is 45.3 Å². The van der Waals surface area contributed by atoms with Crippen LogP contribution in [0.25, 0.3) is 0 Å². The summed E-state index contributed by atoms with van der Waals surface area (Å²) in [4.78, 5) is 6.75. The van der Waals surface area contributed by atoms with Crippen LogP contribution in [0.5, 0.6) is 0 Å². The summed E-state index contributed by atoms with van der Waals surface area (Å²) in [6, 6.07) is 0. The van der Waals surface area contributed by atoms with Crippen molar-refractivity contribution in [3.05, 3.63) is 17.5 Å². The van der Waals surface area contributed by atoms with E-state index in [4.69, 9.17) is 0 Å². The molecule has 0 aliphatic carbocycles. The molecule has 1 aromatic rings. The molecular formula is C16H29N5O2S. The van der Waals surface area contributed by atoms with Crippen molar-refractivity contribution in [2.75, 3.05) is 31.9 Å². The molecule has 0 spiro atoms. The van der Waals surface area contributed by atoms with Gasteiger partial charge in [-0.2, -0.15) is 5.10 Å². The number of nitrogens with zero attached hydrogens (tertiary/aromatic N) is 3. The van der Waals surface area contributed by atoms with Gasteiger partial charge in [0.2, 0.25) is 0 Å². The van der Waals surface area contributed by atoms with Crippen molar-refractivity contribution < 1.29 is 8.42 Å². The maximum Gasteiger partial charge on any atom is 0.193 e. The van der Waals surface area contributed by atoms with Crippen LogP contribution in [0.3, 0.4) is 0 Å². The Hall–Kier alpha value is -1.57. The van der Waals surface area contributed by atoms with Gasteiger partial charge in [0, 0.05) is 31.9 Å². The second kappa shape index (κ2) is 7.55. The fourth-order valence-corrected chi connectivity index (χ4v) is 4.20. The first-order valence-electron chi connectivity index (χ1n) is 8.51. The molecule has 24 heavy (non-hydrogen) atoms. The van der Waals surface area contributed by atoms with Gasteiger partial charge >= 0.3 is 0 Å². The lowest BCUT2D eigenvalue weighted by Gasteiger charge is -2.39.